The SMILES string of the molecule is COc1cccc([C@H](N)CC(C)C)c1.Cl. The summed E-state index contributed by atoms with van der Waals surface area (Å²) in [6.45, 7) is 4.36. The van der Waals surface area contributed by atoms with E-state index in [9.17, 15) is 0 Å². The van der Waals surface area contributed by atoms with Crippen molar-refractivity contribution in [2.24, 2.45) is 11.7 Å². The van der Waals surface area contributed by atoms with Crippen LogP contribution in [0.3, 0.4) is 0 Å². The normalized spacial score (nSPS) is 12.1. The molecule has 1 atom stereocenters. The Hall–Kier alpha value is -0.730. The molecule has 0 aromatic heterocycles. The molecule has 0 spiro atoms. The van der Waals surface area contributed by atoms with Gasteiger partial charge in [-0.15, -0.1) is 12.4 Å². The number of nitrogens with two attached hydrogens (primary N) is 1. The molecule has 0 aliphatic carbocycles. The zero-order valence-corrected chi connectivity index (χ0v) is 10.4. The van der Waals surface area contributed by atoms with Gasteiger partial charge in [0.1, 0.15) is 5.75 Å². The third kappa shape index (κ3) is 4.54. The first-order valence-electron chi connectivity index (χ1n) is 5.03. The lowest BCUT2D eigenvalue weighted by Crippen LogP contribution is -2.12. The minimum absolute atomic E-state index is 0. The van der Waals surface area contributed by atoms with Gasteiger partial charge in [0.05, 0.1) is 7.11 Å². The molecule has 0 fully saturated rings. The van der Waals surface area contributed by atoms with Crippen LogP contribution in [0.4, 0.5) is 0 Å². The number of rotatable bonds is 4. The van der Waals surface area contributed by atoms with Crippen LogP contribution in [0.25, 0.3) is 0 Å². The van der Waals surface area contributed by atoms with Gasteiger partial charge in [-0.3, -0.25) is 0 Å². The molecule has 0 aliphatic rings. The molecule has 1 aromatic carbocycles. The molecule has 1 aromatic rings. The topological polar surface area (TPSA) is 35.2 Å². The first kappa shape index (κ1) is 14.3. The molecule has 3 heteroatoms. The van der Waals surface area contributed by atoms with Gasteiger partial charge in [-0.25, -0.2) is 0 Å². The Balaban J connectivity index is 0.00000196. The van der Waals surface area contributed by atoms with Gasteiger partial charge in [-0.1, -0.05) is 26.0 Å². The Bertz CT molecular complexity index is 289. The summed E-state index contributed by atoms with van der Waals surface area (Å²) >= 11 is 0. The van der Waals surface area contributed by atoms with Crippen LogP contribution in [0.15, 0.2) is 24.3 Å². The van der Waals surface area contributed by atoms with E-state index < -0.39 is 0 Å². The van der Waals surface area contributed by atoms with Gasteiger partial charge < -0.3 is 10.5 Å². The van der Waals surface area contributed by atoms with E-state index in [-0.39, 0.29) is 18.4 Å². The summed E-state index contributed by atoms with van der Waals surface area (Å²) < 4.78 is 5.15. The third-order valence-electron chi connectivity index (χ3n) is 2.25. The van der Waals surface area contributed by atoms with Crippen molar-refractivity contribution in [3.05, 3.63) is 29.8 Å². The van der Waals surface area contributed by atoms with E-state index in [2.05, 4.69) is 19.9 Å². The summed E-state index contributed by atoms with van der Waals surface area (Å²) in [7, 11) is 1.67. The summed E-state index contributed by atoms with van der Waals surface area (Å²) in [5.41, 5.74) is 7.21. The molecule has 86 valence electrons. The Morgan fingerprint density at radius 1 is 1.33 bits per heavy atom. The van der Waals surface area contributed by atoms with Crippen LogP contribution in [0.2, 0.25) is 0 Å². The predicted molar refractivity (Wildman–Crippen MR) is 66.6 cm³/mol. The van der Waals surface area contributed by atoms with Crippen molar-refractivity contribution in [1.29, 1.82) is 0 Å². The Kier molecular flexibility index (Phi) is 6.37. The number of ether oxygens (including phenoxy) is 1. The number of hydrogen-bond acceptors (Lipinski definition) is 2. The van der Waals surface area contributed by atoms with Crippen molar-refractivity contribution in [3.8, 4) is 5.75 Å². The van der Waals surface area contributed by atoms with Gasteiger partial charge in [-0.2, -0.15) is 0 Å². The fourth-order valence-corrected chi connectivity index (χ4v) is 1.52. The van der Waals surface area contributed by atoms with Gasteiger partial charge >= 0.3 is 0 Å². The molecular weight excluding hydrogens is 210 g/mol. The number of halogens is 1. The highest BCUT2D eigenvalue weighted by Crippen LogP contribution is 2.22. The van der Waals surface area contributed by atoms with Gasteiger partial charge in [0, 0.05) is 6.04 Å². The summed E-state index contributed by atoms with van der Waals surface area (Å²) in [5, 5.41) is 0. The molecular formula is C12H20ClNO. The minimum atomic E-state index is 0. The summed E-state index contributed by atoms with van der Waals surface area (Å²) in [5.74, 6) is 1.50. The molecule has 0 radical (unpaired) electrons. The van der Waals surface area contributed by atoms with E-state index in [1.165, 1.54) is 0 Å². The van der Waals surface area contributed by atoms with E-state index in [1.807, 2.05) is 18.2 Å². The highest BCUT2D eigenvalue weighted by atomic mass is 35.5. The van der Waals surface area contributed by atoms with E-state index >= 15 is 0 Å². The van der Waals surface area contributed by atoms with Crippen LogP contribution in [0.1, 0.15) is 31.9 Å². The number of methoxy groups -OCH3 is 1. The maximum Gasteiger partial charge on any atom is 0.119 e. The van der Waals surface area contributed by atoms with Crippen LogP contribution in [-0.4, -0.2) is 7.11 Å². The first-order valence-corrected chi connectivity index (χ1v) is 5.03. The summed E-state index contributed by atoms with van der Waals surface area (Å²) in [4.78, 5) is 0. The number of benzene rings is 1. The monoisotopic (exact) mass is 229 g/mol. The zero-order valence-electron chi connectivity index (χ0n) is 9.57. The van der Waals surface area contributed by atoms with Crippen LogP contribution in [-0.2, 0) is 0 Å². The molecule has 0 aliphatic heterocycles. The Labute approximate surface area is 98.2 Å². The quantitative estimate of drug-likeness (QED) is 0.861. The molecule has 2 N–H and O–H groups in total. The third-order valence-corrected chi connectivity index (χ3v) is 2.25. The van der Waals surface area contributed by atoms with Gasteiger partial charge in [-0.05, 0) is 30.0 Å². The lowest BCUT2D eigenvalue weighted by Gasteiger charge is -2.15. The highest BCUT2D eigenvalue weighted by molar-refractivity contribution is 5.85. The Morgan fingerprint density at radius 2 is 2.00 bits per heavy atom. The molecule has 0 unspecified atom stereocenters. The lowest BCUT2D eigenvalue weighted by atomic mass is 9.98. The van der Waals surface area contributed by atoms with Crippen molar-refractivity contribution in [2.45, 2.75) is 26.3 Å². The van der Waals surface area contributed by atoms with Crippen LogP contribution in [0.5, 0.6) is 5.75 Å². The van der Waals surface area contributed by atoms with Crippen LogP contribution in [0, 0.1) is 5.92 Å². The van der Waals surface area contributed by atoms with Crippen LogP contribution >= 0.6 is 12.4 Å². The van der Waals surface area contributed by atoms with Crippen molar-refractivity contribution in [3.63, 3.8) is 0 Å². The molecule has 1 rings (SSSR count). The summed E-state index contributed by atoms with van der Waals surface area (Å²) in [6, 6.07) is 8.09. The minimum Gasteiger partial charge on any atom is -0.497 e. The molecule has 15 heavy (non-hydrogen) atoms. The smallest absolute Gasteiger partial charge is 0.119 e. The molecule has 0 heterocycles. The van der Waals surface area contributed by atoms with E-state index in [0.29, 0.717) is 5.92 Å². The van der Waals surface area contributed by atoms with Gasteiger partial charge in [0.2, 0.25) is 0 Å². The predicted octanol–water partition coefficient (Wildman–Crippen LogP) is 3.16. The fraction of sp³-hybridized carbons (Fsp3) is 0.500. The molecule has 0 saturated heterocycles. The second-order valence-corrected chi connectivity index (χ2v) is 4.01. The second-order valence-electron chi connectivity index (χ2n) is 4.01. The standard InChI is InChI=1S/C12H19NO.ClH/c1-9(2)7-12(13)10-5-4-6-11(8-10)14-3;/h4-6,8-9,12H,7,13H2,1-3H3;1H/t12-;/m1./s1. The first-order chi connectivity index (χ1) is 6.63. The molecule has 2 nitrogen and oxygen atoms in total. The van der Waals surface area contributed by atoms with E-state index in [0.717, 1.165) is 17.7 Å². The fourth-order valence-electron chi connectivity index (χ4n) is 1.52. The molecule has 0 amide bonds. The number of hydrogen-bond donors (Lipinski definition) is 1. The Morgan fingerprint density at radius 3 is 2.53 bits per heavy atom. The van der Waals surface area contributed by atoms with Crippen molar-refractivity contribution in [1.82, 2.24) is 0 Å². The highest BCUT2D eigenvalue weighted by Gasteiger charge is 2.08. The van der Waals surface area contributed by atoms with Crippen LogP contribution < -0.4 is 10.5 Å². The van der Waals surface area contributed by atoms with E-state index in [1.54, 1.807) is 7.11 Å². The average Bonchev–Trinajstić information content (AvgIpc) is 2.17. The van der Waals surface area contributed by atoms with E-state index in [4.69, 9.17) is 10.5 Å². The van der Waals surface area contributed by atoms with Crippen molar-refractivity contribution >= 4 is 12.4 Å². The summed E-state index contributed by atoms with van der Waals surface area (Å²) in [6.07, 6.45) is 1.01. The second kappa shape index (κ2) is 6.70. The average molecular weight is 230 g/mol. The largest absolute Gasteiger partial charge is 0.497 e. The van der Waals surface area contributed by atoms with Gasteiger partial charge in [0.25, 0.3) is 0 Å². The zero-order chi connectivity index (χ0) is 10.6. The maximum absolute atomic E-state index is 6.06. The lowest BCUT2D eigenvalue weighted by molar-refractivity contribution is 0.413. The van der Waals surface area contributed by atoms with Crippen molar-refractivity contribution in [2.75, 3.05) is 7.11 Å². The van der Waals surface area contributed by atoms with Gasteiger partial charge in [0.15, 0.2) is 0 Å². The molecule has 0 saturated carbocycles. The maximum atomic E-state index is 6.06. The van der Waals surface area contributed by atoms with Crippen molar-refractivity contribution < 1.29 is 4.74 Å². The molecule has 0 bridgehead atoms.